The van der Waals surface area contributed by atoms with Crippen LogP contribution in [0, 0.1) is 0 Å². The molecule has 2 atom stereocenters. The normalized spacial score (nSPS) is 17.7. The van der Waals surface area contributed by atoms with Crippen molar-refractivity contribution >= 4 is 11.0 Å². The van der Waals surface area contributed by atoms with Crippen LogP contribution in [0.1, 0.15) is 36.1 Å². The fourth-order valence-electron chi connectivity index (χ4n) is 6.14. The van der Waals surface area contributed by atoms with Crippen LogP contribution in [0.25, 0.3) is 11.0 Å². The quantitative estimate of drug-likeness (QED) is 0.194. The van der Waals surface area contributed by atoms with Crippen LogP contribution in [0.15, 0.2) is 167 Å². The maximum Gasteiger partial charge on any atom is 0.336 e. The van der Waals surface area contributed by atoms with Crippen LogP contribution < -0.4 is 5.63 Å². The van der Waals surface area contributed by atoms with E-state index in [9.17, 15) is 15.0 Å². The maximum atomic E-state index is 12.6. The highest BCUT2D eigenvalue weighted by atomic mass is 16.8. The molecule has 46 heavy (non-hydrogen) atoms. The van der Waals surface area contributed by atoms with Crippen molar-refractivity contribution in [3.63, 3.8) is 0 Å². The Hall–Kier alpha value is -4.85. The van der Waals surface area contributed by atoms with E-state index in [0.29, 0.717) is 27.8 Å². The molecule has 1 aromatic heterocycles. The van der Waals surface area contributed by atoms with Crippen molar-refractivity contribution in [3.05, 3.63) is 190 Å². The molecule has 2 N–H and O–H groups in total. The first-order chi connectivity index (χ1) is 22.2. The Balaban J connectivity index is 0.000000283. The Bertz CT molecular complexity index is 1740. The summed E-state index contributed by atoms with van der Waals surface area (Å²) in [5.74, 6) is -1.05. The minimum atomic E-state index is -1.60. The first kappa shape index (κ1) is 31.1. The van der Waals surface area contributed by atoms with Gasteiger partial charge in [-0.1, -0.05) is 140 Å². The van der Waals surface area contributed by atoms with E-state index >= 15 is 0 Å². The molecular formula is C40H36O6. The van der Waals surface area contributed by atoms with E-state index in [1.807, 2.05) is 153 Å². The van der Waals surface area contributed by atoms with Gasteiger partial charge in [0.05, 0.1) is 0 Å². The number of hydrogen-bond acceptors (Lipinski definition) is 6. The molecule has 232 valence electrons. The Morgan fingerprint density at radius 1 is 0.500 bits per heavy atom. The molecule has 6 nitrogen and oxygen atoms in total. The van der Waals surface area contributed by atoms with Crippen LogP contribution in [0.5, 0.6) is 0 Å². The van der Waals surface area contributed by atoms with Gasteiger partial charge in [-0.2, -0.15) is 0 Å². The fraction of sp³-hybridized carbons (Fsp3) is 0.175. The van der Waals surface area contributed by atoms with Crippen molar-refractivity contribution in [3.8, 4) is 0 Å². The standard InChI is InChI=1S/C31H30O4.C9H6O2/c1-29(2)34-27(30(32,23-15-7-3-8-16-23)24-17-9-4-10-18-24)28(35-29)31(33,25-19-11-5-12-20-25)26-21-13-6-14-22-26;10-9-6-5-7-3-1-2-4-8(7)11-9/h3-22,27-28,32-33H,1-2H3;1-6H/t27-,28-;/m1./s1. The molecular weight excluding hydrogens is 576 g/mol. The second kappa shape index (κ2) is 12.9. The summed E-state index contributed by atoms with van der Waals surface area (Å²) < 4.78 is 17.9. The van der Waals surface area contributed by atoms with Crippen LogP contribution in [-0.4, -0.2) is 28.2 Å². The molecule has 0 spiro atoms. The predicted molar refractivity (Wildman–Crippen MR) is 178 cm³/mol. The van der Waals surface area contributed by atoms with Crippen molar-refractivity contribution in [2.75, 3.05) is 0 Å². The van der Waals surface area contributed by atoms with Crippen molar-refractivity contribution in [1.82, 2.24) is 0 Å². The molecule has 2 heterocycles. The fourth-order valence-corrected chi connectivity index (χ4v) is 6.14. The van der Waals surface area contributed by atoms with Crippen molar-refractivity contribution in [2.24, 2.45) is 0 Å². The van der Waals surface area contributed by atoms with Crippen molar-refractivity contribution < 1.29 is 24.1 Å². The molecule has 1 aliphatic heterocycles. The Labute approximate surface area is 268 Å². The molecule has 6 heteroatoms. The van der Waals surface area contributed by atoms with Gasteiger partial charge in [0.2, 0.25) is 0 Å². The zero-order valence-corrected chi connectivity index (χ0v) is 25.7. The molecule has 0 radical (unpaired) electrons. The third kappa shape index (κ3) is 6.04. The maximum absolute atomic E-state index is 12.6. The zero-order chi connectivity index (χ0) is 32.2. The number of ether oxygens (including phenoxy) is 2. The van der Waals surface area contributed by atoms with Gasteiger partial charge in [-0.3, -0.25) is 0 Å². The molecule has 0 saturated carbocycles. The molecule has 0 aliphatic carbocycles. The average Bonchev–Trinajstić information content (AvgIpc) is 3.45. The monoisotopic (exact) mass is 612 g/mol. The van der Waals surface area contributed by atoms with Gasteiger partial charge in [-0.25, -0.2) is 4.79 Å². The first-order valence-electron chi connectivity index (χ1n) is 15.2. The average molecular weight is 613 g/mol. The minimum Gasteiger partial charge on any atom is -0.423 e. The predicted octanol–water partition coefficient (Wildman–Crippen LogP) is 7.17. The van der Waals surface area contributed by atoms with Crippen molar-refractivity contribution in [2.45, 2.75) is 43.0 Å². The molecule has 1 aliphatic rings. The number of hydrogen-bond donors (Lipinski definition) is 2. The van der Waals surface area contributed by atoms with Gasteiger partial charge in [-0.15, -0.1) is 0 Å². The minimum absolute atomic E-state index is 0.302. The highest BCUT2D eigenvalue weighted by Gasteiger charge is 2.61. The van der Waals surface area contributed by atoms with Gasteiger partial charge in [0.25, 0.3) is 0 Å². The Morgan fingerprint density at radius 3 is 1.24 bits per heavy atom. The van der Waals surface area contributed by atoms with E-state index in [2.05, 4.69) is 0 Å². The van der Waals surface area contributed by atoms with Gasteiger partial charge in [0.15, 0.2) is 5.79 Å². The van der Waals surface area contributed by atoms with E-state index in [-0.39, 0.29) is 5.63 Å². The SMILES string of the molecule is CC1(C)O[C@@H](C(O)(c2ccccc2)c2ccccc2)[C@H](C(O)(c2ccccc2)c2ccccc2)O1.O=c1ccc2ccccc2o1. The van der Waals surface area contributed by atoms with Crippen LogP contribution in [-0.2, 0) is 20.7 Å². The first-order valence-corrected chi connectivity index (χ1v) is 15.2. The number of aliphatic hydroxyl groups is 2. The lowest BCUT2D eigenvalue weighted by Gasteiger charge is -2.42. The number of rotatable bonds is 6. The van der Waals surface area contributed by atoms with Crippen LogP contribution in [0.2, 0.25) is 0 Å². The van der Waals surface area contributed by atoms with Crippen LogP contribution in [0.3, 0.4) is 0 Å². The molecule has 7 rings (SSSR count). The summed E-state index contributed by atoms with van der Waals surface area (Å²) in [6, 6.07) is 48.4. The van der Waals surface area contributed by atoms with Gasteiger partial charge in [-0.05, 0) is 48.2 Å². The summed E-state index contributed by atoms with van der Waals surface area (Å²) in [7, 11) is 0. The smallest absolute Gasteiger partial charge is 0.336 e. The Kier molecular flexibility index (Phi) is 8.71. The van der Waals surface area contributed by atoms with E-state index in [0.717, 1.165) is 5.39 Å². The summed E-state index contributed by atoms with van der Waals surface area (Å²) in [5.41, 5.74) is -0.227. The molecule has 1 saturated heterocycles. The van der Waals surface area contributed by atoms with E-state index < -0.39 is 29.2 Å². The highest BCUT2D eigenvalue weighted by Crippen LogP contribution is 2.50. The molecule has 0 bridgehead atoms. The molecule has 6 aromatic rings. The zero-order valence-electron chi connectivity index (χ0n) is 25.7. The molecule has 0 amide bonds. The summed E-state index contributed by atoms with van der Waals surface area (Å²) in [6.07, 6.45) is -1.87. The van der Waals surface area contributed by atoms with Gasteiger partial charge in [0, 0.05) is 11.5 Å². The third-order valence-corrected chi connectivity index (χ3v) is 8.30. The number of para-hydroxylation sites is 1. The summed E-state index contributed by atoms with van der Waals surface area (Å²) in [6.45, 7) is 3.62. The third-order valence-electron chi connectivity index (χ3n) is 8.30. The lowest BCUT2D eigenvalue weighted by atomic mass is 9.72. The largest absolute Gasteiger partial charge is 0.423 e. The van der Waals surface area contributed by atoms with E-state index in [4.69, 9.17) is 13.9 Å². The summed E-state index contributed by atoms with van der Waals surface area (Å²) in [5, 5.41) is 26.1. The van der Waals surface area contributed by atoms with Gasteiger partial charge >= 0.3 is 5.63 Å². The Morgan fingerprint density at radius 2 is 0.848 bits per heavy atom. The van der Waals surface area contributed by atoms with Gasteiger partial charge in [0.1, 0.15) is 29.0 Å². The van der Waals surface area contributed by atoms with Gasteiger partial charge < -0.3 is 24.1 Å². The number of benzene rings is 5. The highest BCUT2D eigenvalue weighted by molar-refractivity contribution is 5.75. The molecule has 0 unspecified atom stereocenters. The van der Waals surface area contributed by atoms with E-state index in [1.54, 1.807) is 12.1 Å². The second-order valence-electron chi connectivity index (χ2n) is 11.8. The van der Waals surface area contributed by atoms with E-state index in [1.165, 1.54) is 6.07 Å². The lowest BCUT2D eigenvalue weighted by molar-refractivity contribution is -0.172. The molecule has 1 fully saturated rings. The molecule has 5 aromatic carbocycles. The second-order valence-corrected chi connectivity index (χ2v) is 11.8. The lowest BCUT2D eigenvalue weighted by Crippen LogP contribution is -2.54. The van der Waals surface area contributed by atoms with Crippen LogP contribution in [0.4, 0.5) is 0 Å². The van der Waals surface area contributed by atoms with Crippen LogP contribution >= 0.6 is 0 Å². The summed E-state index contributed by atoms with van der Waals surface area (Å²) >= 11 is 0. The summed E-state index contributed by atoms with van der Waals surface area (Å²) in [4.78, 5) is 10.7. The number of fused-ring (bicyclic) bond motifs is 1. The topological polar surface area (TPSA) is 89.1 Å². The van der Waals surface area contributed by atoms with Crippen molar-refractivity contribution in [1.29, 1.82) is 0 Å².